The van der Waals surface area contributed by atoms with Crippen molar-refractivity contribution in [1.82, 2.24) is 9.97 Å². The quantitative estimate of drug-likeness (QED) is 0.0917. The van der Waals surface area contributed by atoms with Crippen LogP contribution >= 0.6 is 56.0 Å². The first-order valence-corrected chi connectivity index (χ1v) is 15.6. The number of nitrogens with two attached hydrogens (primary N) is 1. The van der Waals surface area contributed by atoms with Crippen LogP contribution in [0.25, 0.3) is 11.3 Å². The van der Waals surface area contributed by atoms with E-state index in [4.69, 9.17) is 35.7 Å². The Labute approximate surface area is 322 Å². The molecule has 0 unspecified atom stereocenters. The fraction of sp³-hybridized carbons (Fsp3) is 0.276. The number of carboxylic acid groups (broad SMARTS) is 2. The van der Waals surface area contributed by atoms with Gasteiger partial charge in [-0.2, -0.15) is 0 Å². The van der Waals surface area contributed by atoms with Crippen LogP contribution in [-0.2, 0) is 23.9 Å². The number of thioether (sulfide) groups is 1. The monoisotopic (exact) mass is 832 g/mol. The first kappa shape index (κ1) is 51.3. The average Bonchev–Trinajstić information content (AvgIpc) is 3.48. The van der Waals surface area contributed by atoms with Crippen LogP contribution in [-0.4, -0.2) is 75.8 Å². The van der Waals surface area contributed by atoms with Gasteiger partial charge in [-0.1, -0.05) is 56.1 Å². The van der Waals surface area contributed by atoms with Crippen molar-refractivity contribution in [3.63, 3.8) is 0 Å². The largest absolute Gasteiger partial charge is 1.00 e. The van der Waals surface area contributed by atoms with Crippen molar-refractivity contribution >= 4 is 90.7 Å². The van der Waals surface area contributed by atoms with Crippen LogP contribution in [0.2, 0.25) is 0 Å². The molecule has 47 heavy (non-hydrogen) atoms. The van der Waals surface area contributed by atoms with E-state index in [2.05, 4.69) is 46.6 Å². The molecule has 0 spiro atoms. The fourth-order valence-corrected chi connectivity index (χ4v) is 3.19. The number of Topliss-reactive ketones (excluding diaryl/α,β-unsaturated/α-hetero) is 1. The smallest absolute Gasteiger partial charge is 0.550 e. The number of imidazole rings is 1. The molecular weight excluding hydrogens is 799 g/mol. The van der Waals surface area contributed by atoms with Crippen molar-refractivity contribution in [3.8, 4) is 11.3 Å². The molecule has 3 rings (SSSR count). The summed E-state index contributed by atoms with van der Waals surface area (Å²) in [6.45, 7) is 6.28. The van der Waals surface area contributed by atoms with Gasteiger partial charge in [0.05, 0.1) is 31.6 Å². The third-order valence-electron chi connectivity index (χ3n) is 4.22. The number of nitrogens with zero attached hydrogens (tertiary/aromatic N) is 1. The SMILES string of the molecule is CC(=O)O.CC(=O)[O-].CCOC(=O)C(=N)SC.CCOC(=O)c1ncc(-c2ccc(Br)cc2)[nH]1.Cl.NCC(=O)c1ccc(Br)cc1.[Na+]. The number of nitrogens with one attached hydrogen (secondary N) is 2. The van der Waals surface area contributed by atoms with Crippen LogP contribution < -0.4 is 40.4 Å². The van der Waals surface area contributed by atoms with Gasteiger partial charge in [-0.3, -0.25) is 15.0 Å². The number of carbonyl (C=O) groups is 5. The minimum absolute atomic E-state index is 0. The number of halogens is 3. The van der Waals surface area contributed by atoms with E-state index in [1.165, 1.54) is 0 Å². The maximum absolute atomic E-state index is 11.4. The van der Waals surface area contributed by atoms with Crippen LogP contribution in [0.1, 0.15) is 48.7 Å². The van der Waals surface area contributed by atoms with Gasteiger partial charge in [0.15, 0.2) is 10.8 Å². The van der Waals surface area contributed by atoms with Crippen LogP contribution in [0, 0.1) is 5.41 Å². The second-order valence-electron chi connectivity index (χ2n) is 7.77. The van der Waals surface area contributed by atoms with E-state index in [0.29, 0.717) is 18.8 Å². The third kappa shape index (κ3) is 27.1. The Morgan fingerprint density at radius 2 is 1.38 bits per heavy atom. The number of rotatable bonds is 6. The number of carbonyl (C=O) groups excluding carboxylic acids is 4. The van der Waals surface area contributed by atoms with Crippen molar-refractivity contribution < 1.29 is 73.2 Å². The standard InChI is InChI=1S/C12H11BrN2O2.C8H8BrNO.C5H9NO2S.2C2H4O2.ClH.Na/c1-2-17-12(16)11-14-7-10(15-11)8-3-5-9(13)6-4-8;9-7-3-1-6(2-4-7)8(11)5-10;1-3-8-5(7)4(6)9-2;2*1-2(3)4;;/h3-7H,2H2,1H3,(H,14,15);1-4H,5,10H2;6H,3H2,1-2H3;2*1H3,(H,3,4);1H;/q;;;;;;+1/p-1. The summed E-state index contributed by atoms with van der Waals surface area (Å²) in [7, 11) is 0. The molecule has 0 saturated heterocycles. The van der Waals surface area contributed by atoms with Gasteiger partial charge in [-0.05, 0) is 56.9 Å². The molecule has 1 heterocycles. The molecule has 254 valence electrons. The molecule has 1 aromatic heterocycles. The van der Waals surface area contributed by atoms with Crippen molar-refractivity contribution in [3.05, 3.63) is 75.1 Å². The number of H-pyrrole nitrogens is 1. The summed E-state index contributed by atoms with van der Waals surface area (Å²) in [6.07, 6.45) is 3.29. The predicted molar refractivity (Wildman–Crippen MR) is 184 cm³/mol. The zero-order chi connectivity index (χ0) is 34.9. The van der Waals surface area contributed by atoms with E-state index in [1.54, 1.807) is 38.4 Å². The molecule has 18 heteroatoms. The molecule has 0 radical (unpaired) electrons. The second kappa shape index (κ2) is 30.7. The summed E-state index contributed by atoms with van der Waals surface area (Å²) in [4.78, 5) is 57.7. The summed E-state index contributed by atoms with van der Waals surface area (Å²) < 4.78 is 11.3. The van der Waals surface area contributed by atoms with Gasteiger partial charge in [0.25, 0.3) is 5.97 Å². The zero-order valence-corrected chi connectivity index (χ0v) is 33.4. The van der Waals surface area contributed by atoms with E-state index in [9.17, 15) is 14.4 Å². The van der Waals surface area contributed by atoms with Gasteiger partial charge < -0.3 is 35.2 Å². The number of aromatic nitrogens is 2. The van der Waals surface area contributed by atoms with E-state index >= 15 is 0 Å². The molecule has 5 N–H and O–H groups in total. The Kier molecular flexibility index (Phi) is 33.5. The van der Waals surface area contributed by atoms with Crippen LogP contribution in [0.15, 0.2) is 63.7 Å². The average molecular weight is 835 g/mol. The molecule has 0 fully saturated rings. The Balaban J connectivity index is -0.000000270. The number of hydrogen-bond acceptors (Lipinski definition) is 12. The molecule has 2 aromatic carbocycles. The van der Waals surface area contributed by atoms with Crippen molar-refractivity contribution in [2.75, 3.05) is 26.0 Å². The number of aliphatic carboxylic acids is 2. The van der Waals surface area contributed by atoms with E-state index in [0.717, 1.165) is 45.8 Å². The molecule has 0 aliphatic rings. The summed E-state index contributed by atoms with van der Waals surface area (Å²) in [5.41, 5.74) is 7.60. The molecule has 0 atom stereocenters. The molecular formula is C29H36Br2ClN4NaO9S. The molecule has 3 aromatic rings. The third-order valence-corrected chi connectivity index (χ3v) is 5.85. The van der Waals surface area contributed by atoms with Crippen LogP contribution in [0.3, 0.4) is 0 Å². The van der Waals surface area contributed by atoms with Gasteiger partial charge in [0.2, 0.25) is 5.82 Å². The fourth-order valence-electron chi connectivity index (χ4n) is 2.43. The van der Waals surface area contributed by atoms with Crippen LogP contribution in [0.4, 0.5) is 0 Å². The predicted octanol–water partition coefficient (Wildman–Crippen LogP) is 1.77. The summed E-state index contributed by atoms with van der Waals surface area (Å²) in [5, 5.41) is 23.2. The Morgan fingerprint density at radius 1 is 0.957 bits per heavy atom. The van der Waals surface area contributed by atoms with Gasteiger partial charge in [0, 0.05) is 27.4 Å². The maximum Gasteiger partial charge on any atom is 1.00 e. The second-order valence-corrected chi connectivity index (χ2v) is 10.4. The Bertz CT molecular complexity index is 1360. The minimum Gasteiger partial charge on any atom is -0.550 e. The summed E-state index contributed by atoms with van der Waals surface area (Å²) in [6, 6.07) is 14.9. The maximum atomic E-state index is 11.4. The first-order chi connectivity index (χ1) is 21.1. The van der Waals surface area contributed by atoms with E-state index < -0.39 is 23.9 Å². The van der Waals surface area contributed by atoms with Gasteiger partial charge in [-0.15, -0.1) is 24.2 Å². The Hall–Kier alpha value is -2.57. The number of ether oxygens (including phenoxy) is 2. The molecule has 0 aliphatic heterocycles. The van der Waals surface area contributed by atoms with E-state index in [-0.39, 0.29) is 65.2 Å². The summed E-state index contributed by atoms with van der Waals surface area (Å²) >= 11 is 7.72. The molecule has 13 nitrogen and oxygen atoms in total. The molecule has 0 amide bonds. The summed E-state index contributed by atoms with van der Waals surface area (Å²) in [5.74, 6) is -2.69. The number of hydrogen-bond donors (Lipinski definition) is 4. The number of aromatic amines is 1. The number of ketones is 1. The molecule has 0 saturated carbocycles. The van der Waals surface area contributed by atoms with Gasteiger partial charge in [-0.25, -0.2) is 14.6 Å². The zero-order valence-electron chi connectivity index (χ0n) is 26.6. The van der Waals surface area contributed by atoms with Gasteiger partial charge in [0.1, 0.15) is 0 Å². The van der Waals surface area contributed by atoms with Crippen molar-refractivity contribution in [2.24, 2.45) is 5.73 Å². The number of esters is 2. The normalized spacial score (nSPS) is 8.68. The topological polar surface area (TPSA) is 226 Å². The van der Waals surface area contributed by atoms with E-state index in [1.807, 2.05) is 36.4 Å². The molecule has 0 aliphatic carbocycles. The number of benzene rings is 2. The van der Waals surface area contributed by atoms with Crippen molar-refractivity contribution in [2.45, 2.75) is 27.7 Å². The Morgan fingerprint density at radius 3 is 1.77 bits per heavy atom. The molecule has 0 bridgehead atoms. The first-order valence-electron chi connectivity index (χ1n) is 12.8. The number of carboxylic acids is 2. The van der Waals surface area contributed by atoms with Crippen molar-refractivity contribution in [1.29, 1.82) is 5.41 Å². The van der Waals surface area contributed by atoms with Gasteiger partial charge >= 0.3 is 41.5 Å². The minimum atomic E-state index is -1.08. The van der Waals surface area contributed by atoms with Crippen LogP contribution in [0.5, 0.6) is 0 Å².